The van der Waals surface area contributed by atoms with E-state index in [9.17, 15) is 13.2 Å². The molecule has 0 saturated heterocycles. The molecule has 4 rings (SSSR count). The molecule has 0 aliphatic rings. The first-order valence-electron chi connectivity index (χ1n) is 9.48. The highest BCUT2D eigenvalue weighted by molar-refractivity contribution is 7.93. The Balaban J connectivity index is 1.44. The monoisotopic (exact) mass is 452 g/mol. The van der Waals surface area contributed by atoms with Crippen LogP contribution in [0.3, 0.4) is 0 Å². The van der Waals surface area contributed by atoms with Gasteiger partial charge in [-0.15, -0.1) is 0 Å². The molecular formula is C22H20N4O3S2. The van der Waals surface area contributed by atoms with E-state index in [4.69, 9.17) is 0 Å². The molecule has 3 N–H and O–H groups in total. The van der Waals surface area contributed by atoms with Crippen molar-refractivity contribution in [3.63, 3.8) is 0 Å². The Bertz CT molecular complexity index is 1320. The number of urea groups is 1. The van der Waals surface area contributed by atoms with Gasteiger partial charge in [-0.2, -0.15) is 0 Å². The number of hydrogen-bond donors (Lipinski definition) is 3. The largest absolute Gasteiger partial charge is 0.334 e. The van der Waals surface area contributed by atoms with Crippen molar-refractivity contribution in [1.82, 2.24) is 10.3 Å². The van der Waals surface area contributed by atoms with Gasteiger partial charge in [0.1, 0.15) is 0 Å². The Morgan fingerprint density at radius 3 is 2.48 bits per heavy atom. The molecule has 7 nitrogen and oxygen atoms in total. The van der Waals surface area contributed by atoms with Crippen molar-refractivity contribution < 1.29 is 13.2 Å². The average Bonchev–Trinajstić information content (AvgIpc) is 3.14. The minimum absolute atomic E-state index is 0.176. The zero-order valence-electron chi connectivity index (χ0n) is 16.6. The molecule has 0 fully saturated rings. The van der Waals surface area contributed by atoms with Gasteiger partial charge in [0.05, 0.1) is 15.1 Å². The highest BCUT2D eigenvalue weighted by Crippen LogP contribution is 2.29. The Labute approximate surface area is 184 Å². The van der Waals surface area contributed by atoms with Gasteiger partial charge in [0.25, 0.3) is 10.0 Å². The number of fused-ring (bicyclic) bond motifs is 1. The number of amides is 2. The fraction of sp³-hybridized carbons (Fsp3) is 0.0909. The predicted molar refractivity (Wildman–Crippen MR) is 124 cm³/mol. The normalized spacial score (nSPS) is 11.3. The second-order valence-electron chi connectivity index (χ2n) is 6.91. The van der Waals surface area contributed by atoms with Crippen LogP contribution in [0.5, 0.6) is 0 Å². The van der Waals surface area contributed by atoms with E-state index in [0.717, 1.165) is 15.8 Å². The minimum atomic E-state index is -3.72. The maximum Gasteiger partial charge on any atom is 0.319 e. The Morgan fingerprint density at radius 2 is 1.74 bits per heavy atom. The molecule has 0 aliphatic carbocycles. The van der Waals surface area contributed by atoms with Crippen molar-refractivity contribution in [3.8, 4) is 0 Å². The van der Waals surface area contributed by atoms with E-state index in [0.29, 0.717) is 17.7 Å². The fourth-order valence-electron chi connectivity index (χ4n) is 2.89. The van der Waals surface area contributed by atoms with Crippen LogP contribution in [0.1, 0.15) is 11.1 Å². The molecule has 0 atom stereocenters. The number of thiazole rings is 1. The summed E-state index contributed by atoms with van der Waals surface area (Å²) in [5.74, 6) is 0. The van der Waals surface area contributed by atoms with Gasteiger partial charge in [-0.1, -0.05) is 59.4 Å². The van der Waals surface area contributed by atoms with E-state index in [2.05, 4.69) is 20.3 Å². The summed E-state index contributed by atoms with van der Waals surface area (Å²) >= 11 is 1.23. The quantitative estimate of drug-likeness (QED) is 0.394. The second kappa shape index (κ2) is 8.75. The molecule has 2 amide bonds. The molecule has 0 saturated carbocycles. The van der Waals surface area contributed by atoms with Crippen LogP contribution in [0.15, 0.2) is 77.7 Å². The molecule has 4 aromatic rings. The Morgan fingerprint density at radius 1 is 1.00 bits per heavy atom. The third-order valence-electron chi connectivity index (χ3n) is 4.49. The number of carbonyl (C=O) groups excluding carboxylic acids is 1. The summed E-state index contributed by atoms with van der Waals surface area (Å²) in [6.45, 7) is 2.31. The van der Waals surface area contributed by atoms with E-state index in [-0.39, 0.29) is 16.1 Å². The third-order valence-corrected chi connectivity index (χ3v) is 6.93. The number of benzene rings is 3. The summed E-state index contributed by atoms with van der Waals surface area (Å²) in [5.41, 5.74) is 3.13. The van der Waals surface area contributed by atoms with Gasteiger partial charge in [0.2, 0.25) is 0 Å². The van der Waals surface area contributed by atoms with E-state index in [1.54, 1.807) is 42.5 Å². The van der Waals surface area contributed by atoms with Gasteiger partial charge in [0.15, 0.2) is 5.13 Å². The molecule has 9 heteroatoms. The van der Waals surface area contributed by atoms with Crippen molar-refractivity contribution in [2.75, 3.05) is 10.0 Å². The lowest BCUT2D eigenvalue weighted by Crippen LogP contribution is -2.28. The zero-order valence-corrected chi connectivity index (χ0v) is 18.3. The molecule has 0 radical (unpaired) electrons. The molecule has 158 valence electrons. The number of nitrogens with one attached hydrogen (secondary N) is 3. The lowest BCUT2D eigenvalue weighted by atomic mass is 10.2. The lowest BCUT2D eigenvalue weighted by molar-refractivity contribution is 0.251. The SMILES string of the molecule is Cc1ccc(S(=O)(=O)Nc2nc3cc(NC(=O)NCc4ccccc4)ccc3s2)cc1. The van der Waals surface area contributed by atoms with Crippen molar-refractivity contribution >= 4 is 48.4 Å². The molecular weight excluding hydrogens is 432 g/mol. The maximum atomic E-state index is 12.6. The molecule has 0 bridgehead atoms. The first-order valence-corrected chi connectivity index (χ1v) is 11.8. The molecule has 1 aromatic heterocycles. The second-order valence-corrected chi connectivity index (χ2v) is 9.63. The van der Waals surface area contributed by atoms with Gasteiger partial charge in [-0.05, 0) is 42.8 Å². The van der Waals surface area contributed by atoms with Gasteiger partial charge in [-0.25, -0.2) is 18.2 Å². The number of aromatic nitrogens is 1. The lowest BCUT2D eigenvalue weighted by Gasteiger charge is -2.07. The predicted octanol–water partition coefficient (Wildman–Crippen LogP) is 4.73. The molecule has 0 spiro atoms. The molecule has 3 aromatic carbocycles. The topological polar surface area (TPSA) is 100 Å². The summed E-state index contributed by atoms with van der Waals surface area (Å²) in [6, 6.07) is 21.1. The van der Waals surface area contributed by atoms with Gasteiger partial charge in [0, 0.05) is 12.2 Å². The highest BCUT2D eigenvalue weighted by atomic mass is 32.2. The van der Waals surface area contributed by atoms with Crippen LogP contribution in [0.4, 0.5) is 15.6 Å². The van der Waals surface area contributed by atoms with E-state index in [1.165, 1.54) is 11.3 Å². The number of sulfonamides is 1. The first kappa shape index (κ1) is 20.8. The summed E-state index contributed by atoms with van der Waals surface area (Å²) in [6.07, 6.45) is 0. The standard InChI is InChI=1S/C22H20N4O3S2/c1-15-7-10-18(11-8-15)31(28,29)26-22-25-19-13-17(9-12-20(19)30-22)24-21(27)23-14-16-5-3-2-4-6-16/h2-13H,14H2,1H3,(H,25,26)(H2,23,24,27). The smallest absolute Gasteiger partial charge is 0.319 e. The fourth-order valence-corrected chi connectivity index (χ4v) is 4.97. The summed E-state index contributed by atoms with van der Waals surface area (Å²) in [4.78, 5) is 16.7. The number of nitrogens with zero attached hydrogens (tertiary/aromatic N) is 1. The molecule has 1 heterocycles. The molecule has 0 unspecified atom stereocenters. The number of aryl methyl sites for hydroxylation is 1. The average molecular weight is 453 g/mol. The summed E-state index contributed by atoms with van der Waals surface area (Å²) in [7, 11) is -3.72. The van der Waals surface area contributed by atoms with E-state index in [1.807, 2.05) is 37.3 Å². The minimum Gasteiger partial charge on any atom is -0.334 e. The maximum absolute atomic E-state index is 12.6. The van der Waals surface area contributed by atoms with Crippen LogP contribution in [0.2, 0.25) is 0 Å². The third kappa shape index (κ3) is 5.19. The zero-order chi connectivity index (χ0) is 21.8. The Hall–Kier alpha value is -3.43. The number of rotatable bonds is 6. The van der Waals surface area contributed by atoms with Crippen molar-refractivity contribution in [2.45, 2.75) is 18.4 Å². The Kier molecular flexibility index (Phi) is 5.88. The van der Waals surface area contributed by atoms with Crippen molar-refractivity contribution in [1.29, 1.82) is 0 Å². The van der Waals surface area contributed by atoms with Gasteiger partial charge < -0.3 is 10.6 Å². The van der Waals surface area contributed by atoms with Gasteiger partial charge in [-0.3, -0.25) is 4.72 Å². The van der Waals surface area contributed by atoms with Gasteiger partial charge >= 0.3 is 6.03 Å². The van der Waals surface area contributed by atoms with E-state index >= 15 is 0 Å². The van der Waals surface area contributed by atoms with Crippen molar-refractivity contribution in [2.24, 2.45) is 0 Å². The van der Waals surface area contributed by atoms with Crippen LogP contribution in [0.25, 0.3) is 10.2 Å². The van der Waals surface area contributed by atoms with Crippen LogP contribution in [-0.2, 0) is 16.6 Å². The number of carbonyl (C=O) groups is 1. The number of anilines is 2. The highest BCUT2D eigenvalue weighted by Gasteiger charge is 2.16. The summed E-state index contributed by atoms with van der Waals surface area (Å²) < 4.78 is 28.5. The summed E-state index contributed by atoms with van der Waals surface area (Å²) in [5, 5.41) is 5.83. The van der Waals surface area contributed by atoms with Crippen LogP contribution >= 0.6 is 11.3 Å². The van der Waals surface area contributed by atoms with E-state index < -0.39 is 10.0 Å². The van der Waals surface area contributed by atoms with Crippen molar-refractivity contribution in [3.05, 3.63) is 83.9 Å². The van der Waals surface area contributed by atoms with Crippen LogP contribution in [-0.4, -0.2) is 19.4 Å². The molecule has 0 aliphatic heterocycles. The first-order chi connectivity index (χ1) is 14.9. The number of hydrogen-bond acceptors (Lipinski definition) is 5. The van der Waals surface area contributed by atoms with Crippen LogP contribution in [0, 0.1) is 6.92 Å². The van der Waals surface area contributed by atoms with Crippen LogP contribution < -0.4 is 15.4 Å². The molecule has 31 heavy (non-hydrogen) atoms.